The fraction of sp³-hybridized carbons (Fsp3) is 0.125. The first-order valence-corrected chi connectivity index (χ1v) is 10.1. The van der Waals surface area contributed by atoms with Crippen LogP contribution in [0.2, 0.25) is 0 Å². The Kier molecular flexibility index (Phi) is 4.37. The molecule has 3 aromatic carbocycles. The Balaban J connectivity index is 1.66. The summed E-state index contributed by atoms with van der Waals surface area (Å²) in [6, 6.07) is 17.6. The zero-order chi connectivity index (χ0) is 22.6. The minimum absolute atomic E-state index is 0.140. The largest absolute Gasteiger partial charge is 0.308 e. The van der Waals surface area contributed by atoms with Crippen LogP contribution >= 0.6 is 0 Å². The van der Waals surface area contributed by atoms with Crippen molar-refractivity contribution in [2.45, 2.75) is 13.8 Å². The first-order chi connectivity index (χ1) is 15.4. The maximum absolute atomic E-state index is 13.5. The number of hydrogen-bond donors (Lipinski definition) is 0. The lowest BCUT2D eigenvalue weighted by atomic mass is 9.97. The van der Waals surface area contributed by atoms with Crippen LogP contribution in [0.3, 0.4) is 0 Å². The summed E-state index contributed by atoms with van der Waals surface area (Å²) in [5.41, 5.74) is 2.09. The molecule has 2 amide bonds. The lowest BCUT2D eigenvalue weighted by Crippen LogP contribution is -2.28. The minimum atomic E-state index is -0.513. The van der Waals surface area contributed by atoms with Crippen LogP contribution in [0.4, 0.5) is 17.1 Å². The Bertz CT molecular complexity index is 1410. The summed E-state index contributed by atoms with van der Waals surface area (Å²) in [5.74, 6) is -0.794. The molecule has 2 aliphatic heterocycles. The molecule has 2 heterocycles. The van der Waals surface area contributed by atoms with E-state index in [1.54, 1.807) is 19.1 Å². The van der Waals surface area contributed by atoms with Crippen molar-refractivity contribution in [2.75, 3.05) is 16.5 Å². The van der Waals surface area contributed by atoms with Crippen LogP contribution < -0.4 is 9.91 Å². The van der Waals surface area contributed by atoms with Gasteiger partial charge in [-0.1, -0.05) is 30.3 Å². The molecular weight excluding hydrogens is 408 g/mol. The summed E-state index contributed by atoms with van der Waals surface area (Å²) in [5, 5.41) is 19.0. The highest BCUT2D eigenvalue weighted by Gasteiger charge is 2.41. The molecule has 2 aliphatic rings. The van der Waals surface area contributed by atoms with Crippen LogP contribution in [0.1, 0.15) is 19.4 Å². The first-order valence-electron chi connectivity index (χ1n) is 10.1. The zero-order valence-electron chi connectivity index (χ0n) is 17.4. The van der Waals surface area contributed by atoms with Gasteiger partial charge in [0.2, 0.25) is 0 Å². The van der Waals surface area contributed by atoms with Gasteiger partial charge in [0.25, 0.3) is 17.5 Å². The van der Waals surface area contributed by atoms with E-state index in [9.17, 15) is 19.7 Å². The third kappa shape index (κ3) is 2.80. The molecule has 0 atom stereocenters. The number of nitrogens with zero attached hydrogens (tertiary/aromatic N) is 4. The Morgan fingerprint density at radius 2 is 1.69 bits per heavy atom. The van der Waals surface area contributed by atoms with Crippen molar-refractivity contribution in [3.05, 3.63) is 81.9 Å². The fourth-order valence-electron chi connectivity index (χ4n) is 4.27. The van der Waals surface area contributed by atoms with Gasteiger partial charge in [0, 0.05) is 24.2 Å². The number of fused-ring (bicyclic) bond motifs is 2. The lowest BCUT2D eigenvalue weighted by molar-refractivity contribution is -0.384. The van der Waals surface area contributed by atoms with Crippen LogP contribution in [-0.4, -0.2) is 29.0 Å². The molecule has 0 unspecified atom stereocenters. The Hall–Kier alpha value is -4.33. The van der Waals surface area contributed by atoms with E-state index in [-0.39, 0.29) is 22.7 Å². The molecule has 0 bridgehead atoms. The van der Waals surface area contributed by atoms with Crippen molar-refractivity contribution in [3.8, 4) is 0 Å². The molecule has 0 aliphatic carbocycles. The number of nitro benzene ring substituents is 1. The summed E-state index contributed by atoms with van der Waals surface area (Å²) >= 11 is 0. The van der Waals surface area contributed by atoms with Gasteiger partial charge >= 0.3 is 0 Å². The second-order valence-corrected chi connectivity index (χ2v) is 7.59. The van der Waals surface area contributed by atoms with Gasteiger partial charge in [0.1, 0.15) is 0 Å². The number of benzene rings is 3. The predicted molar refractivity (Wildman–Crippen MR) is 123 cm³/mol. The number of hydrazone groups is 1. The monoisotopic (exact) mass is 426 g/mol. The van der Waals surface area contributed by atoms with Crippen molar-refractivity contribution >= 4 is 50.9 Å². The maximum atomic E-state index is 13.5. The molecular formula is C24H18N4O4. The molecule has 0 saturated heterocycles. The second-order valence-electron chi connectivity index (χ2n) is 7.59. The van der Waals surface area contributed by atoms with Gasteiger partial charge < -0.3 is 4.90 Å². The lowest BCUT2D eigenvalue weighted by Gasteiger charge is -2.14. The zero-order valence-corrected chi connectivity index (χ0v) is 17.4. The SMILES string of the molecule is CCN1C(=O)/C(=C2\C(=O)N(c3ccc4ccccc4c3)N=C2C)c2cc([N+](=O)[O-])ccc21. The van der Waals surface area contributed by atoms with E-state index < -0.39 is 10.8 Å². The third-order valence-corrected chi connectivity index (χ3v) is 5.77. The fourth-order valence-corrected chi connectivity index (χ4v) is 4.27. The van der Waals surface area contributed by atoms with Crippen molar-refractivity contribution < 1.29 is 14.5 Å². The van der Waals surface area contributed by atoms with Gasteiger partial charge in [-0.15, -0.1) is 0 Å². The average Bonchev–Trinajstić information content (AvgIpc) is 3.24. The maximum Gasteiger partial charge on any atom is 0.281 e. The highest BCUT2D eigenvalue weighted by molar-refractivity contribution is 6.45. The molecule has 0 fully saturated rings. The first kappa shape index (κ1) is 19.6. The molecule has 0 radical (unpaired) electrons. The average molecular weight is 426 g/mol. The Morgan fingerprint density at radius 1 is 0.938 bits per heavy atom. The number of carbonyl (C=O) groups is 2. The van der Waals surface area contributed by atoms with Crippen molar-refractivity contribution in [2.24, 2.45) is 5.10 Å². The van der Waals surface area contributed by atoms with E-state index in [1.165, 1.54) is 22.0 Å². The predicted octanol–water partition coefficient (Wildman–Crippen LogP) is 4.29. The summed E-state index contributed by atoms with van der Waals surface area (Å²) in [6.45, 7) is 3.86. The molecule has 8 heteroatoms. The van der Waals surface area contributed by atoms with E-state index >= 15 is 0 Å². The number of likely N-dealkylation sites (N-methyl/N-ethyl adjacent to an activating group) is 1. The number of anilines is 2. The van der Waals surface area contributed by atoms with E-state index in [2.05, 4.69) is 5.10 Å². The van der Waals surface area contributed by atoms with Crippen molar-refractivity contribution in [1.82, 2.24) is 0 Å². The van der Waals surface area contributed by atoms with Gasteiger partial charge in [-0.2, -0.15) is 10.1 Å². The minimum Gasteiger partial charge on any atom is -0.308 e. The molecule has 8 nitrogen and oxygen atoms in total. The number of rotatable bonds is 3. The van der Waals surface area contributed by atoms with Crippen LogP contribution in [-0.2, 0) is 9.59 Å². The van der Waals surface area contributed by atoms with Crippen LogP contribution in [0, 0.1) is 10.1 Å². The Labute approximate surface area is 183 Å². The summed E-state index contributed by atoms with van der Waals surface area (Å²) < 4.78 is 0. The number of nitro groups is 1. The van der Waals surface area contributed by atoms with Crippen molar-refractivity contribution in [3.63, 3.8) is 0 Å². The Morgan fingerprint density at radius 3 is 2.41 bits per heavy atom. The number of amides is 2. The normalized spacial score (nSPS) is 17.9. The standard InChI is InChI=1S/C24H18N4O4/c1-3-26-20-11-10-18(28(31)32)13-19(20)22(23(26)29)21-14(2)25-27(24(21)30)17-9-8-15-6-4-5-7-16(15)12-17/h4-13H,3H2,1-2H3/b22-21-. The quantitative estimate of drug-likeness (QED) is 0.355. The smallest absolute Gasteiger partial charge is 0.281 e. The molecule has 0 spiro atoms. The molecule has 158 valence electrons. The van der Waals surface area contributed by atoms with Crippen LogP contribution in [0.15, 0.2) is 71.3 Å². The topological polar surface area (TPSA) is 96.1 Å². The number of carbonyl (C=O) groups excluding carboxylic acids is 2. The molecule has 32 heavy (non-hydrogen) atoms. The number of hydrogen-bond acceptors (Lipinski definition) is 5. The molecule has 3 aromatic rings. The molecule has 0 N–H and O–H groups in total. The van der Waals surface area contributed by atoms with Crippen molar-refractivity contribution in [1.29, 1.82) is 0 Å². The van der Waals surface area contributed by atoms with Gasteiger partial charge in [-0.05, 0) is 42.8 Å². The van der Waals surface area contributed by atoms with E-state index in [4.69, 9.17) is 0 Å². The van der Waals surface area contributed by atoms with Gasteiger partial charge in [-0.3, -0.25) is 19.7 Å². The highest BCUT2D eigenvalue weighted by Crippen LogP contribution is 2.42. The van der Waals surface area contributed by atoms with Gasteiger partial charge in [0.15, 0.2) is 0 Å². The van der Waals surface area contributed by atoms with E-state index in [1.807, 2.05) is 43.3 Å². The molecule has 5 rings (SSSR count). The summed E-state index contributed by atoms with van der Waals surface area (Å²) in [7, 11) is 0. The summed E-state index contributed by atoms with van der Waals surface area (Å²) in [4.78, 5) is 39.0. The van der Waals surface area contributed by atoms with Gasteiger partial charge in [0.05, 0.1) is 33.2 Å². The van der Waals surface area contributed by atoms with Crippen LogP contribution in [0.5, 0.6) is 0 Å². The van der Waals surface area contributed by atoms with E-state index in [0.29, 0.717) is 29.2 Å². The van der Waals surface area contributed by atoms with E-state index in [0.717, 1.165) is 10.8 Å². The molecule has 0 aromatic heterocycles. The second kappa shape index (κ2) is 7.12. The number of non-ortho nitro benzene ring substituents is 1. The van der Waals surface area contributed by atoms with Crippen LogP contribution in [0.25, 0.3) is 16.3 Å². The molecule has 0 saturated carbocycles. The van der Waals surface area contributed by atoms with Gasteiger partial charge in [-0.25, -0.2) is 0 Å². The third-order valence-electron chi connectivity index (χ3n) is 5.77. The highest BCUT2D eigenvalue weighted by atomic mass is 16.6. The summed E-state index contributed by atoms with van der Waals surface area (Å²) in [6.07, 6.45) is 0.